The van der Waals surface area contributed by atoms with Gasteiger partial charge in [0, 0.05) is 31.2 Å². The zero-order chi connectivity index (χ0) is 20.6. The van der Waals surface area contributed by atoms with E-state index in [0.29, 0.717) is 15.2 Å². The Morgan fingerprint density at radius 2 is 1.79 bits per heavy atom. The zero-order valence-electron chi connectivity index (χ0n) is 15.2. The van der Waals surface area contributed by atoms with Gasteiger partial charge in [-0.2, -0.15) is 4.31 Å². The van der Waals surface area contributed by atoms with Crippen molar-refractivity contribution in [1.82, 2.24) is 18.8 Å². The number of benzene rings is 1. The van der Waals surface area contributed by atoms with Crippen molar-refractivity contribution in [2.24, 2.45) is 0 Å². The summed E-state index contributed by atoms with van der Waals surface area (Å²) in [6.45, 7) is 0.769. The van der Waals surface area contributed by atoms with E-state index in [0.717, 1.165) is 0 Å². The summed E-state index contributed by atoms with van der Waals surface area (Å²) in [5, 5.41) is 2.74. The molecular formula is C18H17ClN4O4S2. The summed E-state index contributed by atoms with van der Waals surface area (Å²) in [4.78, 5) is 31.6. The molecule has 1 aliphatic rings. The van der Waals surface area contributed by atoms with E-state index >= 15 is 0 Å². The average Bonchev–Trinajstić information content (AvgIpc) is 3.20. The molecular weight excluding hydrogens is 436 g/mol. The predicted molar refractivity (Wildman–Crippen MR) is 111 cm³/mol. The lowest BCUT2D eigenvalue weighted by Gasteiger charge is -2.34. The van der Waals surface area contributed by atoms with Crippen LogP contribution in [-0.2, 0) is 21.4 Å². The van der Waals surface area contributed by atoms with Crippen molar-refractivity contribution in [1.29, 1.82) is 0 Å². The molecule has 0 atom stereocenters. The summed E-state index contributed by atoms with van der Waals surface area (Å²) in [6, 6.07) is 7.69. The summed E-state index contributed by atoms with van der Waals surface area (Å²) in [6.07, 6.45) is 1.38. The minimum absolute atomic E-state index is 0.123. The van der Waals surface area contributed by atoms with Crippen LogP contribution in [0.1, 0.15) is 0 Å². The fraction of sp³-hybridized carbons (Fsp3) is 0.278. The van der Waals surface area contributed by atoms with Crippen LogP contribution >= 0.6 is 22.9 Å². The molecule has 0 radical (unpaired) electrons. The SMILES string of the molecule is O=C(Cn1cnc2sccc2c1=O)N1CCN(S(=O)(=O)c2ccc(Cl)cc2)CC1. The number of thiophene rings is 1. The molecule has 152 valence electrons. The molecule has 2 aromatic heterocycles. The highest BCUT2D eigenvalue weighted by Crippen LogP contribution is 2.20. The van der Waals surface area contributed by atoms with Crippen molar-refractivity contribution < 1.29 is 13.2 Å². The van der Waals surface area contributed by atoms with Gasteiger partial charge >= 0.3 is 0 Å². The number of hydrogen-bond donors (Lipinski definition) is 0. The summed E-state index contributed by atoms with van der Waals surface area (Å²) in [5.74, 6) is -0.243. The third-order valence-corrected chi connectivity index (χ3v) is 7.78. The highest BCUT2D eigenvalue weighted by Gasteiger charge is 2.30. The van der Waals surface area contributed by atoms with E-state index in [2.05, 4.69) is 4.98 Å². The first-order valence-electron chi connectivity index (χ1n) is 8.82. The van der Waals surface area contributed by atoms with Crippen LogP contribution in [0.2, 0.25) is 5.02 Å². The number of halogens is 1. The van der Waals surface area contributed by atoms with Gasteiger partial charge in [0.05, 0.1) is 16.6 Å². The lowest BCUT2D eigenvalue weighted by molar-refractivity contribution is -0.133. The predicted octanol–water partition coefficient (Wildman–Crippen LogP) is 1.64. The van der Waals surface area contributed by atoms with E-state index in [1.54, 1.807) is 16.3 Å². The van der Waals surface area contributed by atoms with E-state index in [4.69, 9.17) is 11.6 Å². The van der Waals surface area contributed by atoms with Crippen LogP contribution < -0.4 is 5.56 Å². The van der Waals surface area contributed by atoms with Gasteiger partial charge in [-0.25, -0.2) is 13.4 Å². The number of piperazine rings is 1. The van der Waals surface area contributed by atoms with Crippen LogP contribution in [0, 0.1) is 0 Å². The van der Waals surface area contributed by atoms with Gasteiger partial charge in [-0.1, -0.05) is 11.6 Å². The highest BCUT2D eigenvalue weighted by atomic mass is 35.5. The zero-order valence-corrected chi connectivity index (χ0v) is 17.6. The first kappa shape index (κ1) is 20.0. The van der Waals surface area contributed by atoms with Crippen LogP contribution in [0.4, 0.5) is 0 Å². The maximum Gasteiger partial charge on any atom is 0.262 e. The van der Waals surface area contributed by atoms with E-state index in [9.17, 15) is 18.0 Å². The van der Waals surface area contributed by atoms with Gasteiger partial charge in [0.2, 0.25) is 15.9 Å². The number of nitrogens with zero attached hydrogens (tertiary/aromatic N) is 4. The second-order valence-electron chi connectivity index (χ2n) is 6.56. The third kappa shape index (κ3) is 3.93. The minimum Gasteiger partial charge on any atom is -0.338 e. The van der Waals surface area contributed by atoms with E-state index in [1.165, 1.54) is 50.8 Å². The minimum atomic E-state index is -3.64. The summed E-state index contributed by atoms with van der Waals surface area (Å²) < 4.78 is 28.1. The van der Waals surface area contributed by atoms with Crippen molar-refractivity contribution >= 4 is 49.1 Å². The van der Waals surface area contributed by atoms with Crippen molar-refractivity contribution in [2.75, 3.05) is 26.2 Å². The Kier molecular flexibility index (Phi) is 5.43. The molecule has 0 spiro atoms. The van der Waals surface area contributed by atoms with Gasteiger partial charge in [-0.3, -0.25) is 14.2 Å². The number of amides is 1. The van der Waals surface area contributed by atoms with Crippen molar-refractivity contribution in [3.63, 3.8) is 0 Å². The van der Waals surface area contributed by atoms with Gasteiger partial charge in [0.15, 0.2) is 0 Å². The number of hydrogen-bond acceptors (Lipinski definition) is 6. The molecule has 0 aliphatic carbocycles. The number of aromatic nitrogens is 2. The van der Waals surface area contributed by atoms with Gasteiger partial charge in [-0.05, 0) is 35.7 Å². The van der Waals surface area contributed by atoms with E-state index in [-0.39, 0.29) is 49.1 Å². The Morgan fingerprint density at radius 3 is 2.48 bits per heavy atom. The monoisotopic (exact) mass is 452 g/mol. The molecule has 4 rings (SSSR count). The van der Waals surface area contributed by atoms with Gasteiger partial charge in [-0.15, -0.1) is 11.3 Å². The largest absolute Gasteiger partial charge is 0.338 e. The number of rotatable bonds is 4. The number of fused-ring (bicyclic) bond motifs is 1. The molecule has 1 amide bonds. The Hall–Kier alpha value is -2.27. The molecule has 11 heteroatoms. The lowest BCUT2D eigenvalue weighted by atomic mass is 10.3. The molecule has 0 saturated carbocycles. The summed E-state index contributed by atoms with van der Waals surface area (Å²) >= 11 is 7.19. The second kappa shape index (κ2) is 7.86. The maximum absolute atomic E-state index is 12.7. The number of carbonyl (C=O) groups is 1. The smallest absolute Gasteiger partial charge is 0.262 e. The quantitative estimate of drug-likeness (QED) is 0.600. The summed E-state index contributed by atoms with van der Waals surface area (Å²) in [5.41, 5.74) is -0.256. The fourth-order valence-corrected chi connectivity index (χ4v) is 5.46. The van der Waals surface area contributed by atoms with Gasteiger partial charge in [0.25, 0.3) is 5.56 Å². The molecule has 1 aromatic carbocycles. The van der Waals surface area contributed by atoms with Crippen LogP contribution in [0.25, 0.3) is 10.2 Å². The van der Waals surface area contributed by atoms with Crippen molar-refractivity contribution in [3.05, 3.63) is 57.4 Å². The molecule has 0 bridgehead atoms. The molecule has 1 saturated heterocycles. The molecule has 1 fully saturated rings. The standard InChI is InChI=1S/C18H17ClN4O4S2/c19-13-1-3-14(4-2-13)29(26,27)23-8-6-21(7-9-23)16(24)11-22-12-20-17-15(18(22)25)5-10-28-17/h1-5,10,12H,6-9,11H2. The Morgan fingerprint density at radius 1 is 1.10 bits per heavy atom. The highest BCUT2D eigenvalue weighted by molar-refractivity contribution is 7.89. The van der Waals surface area contributed by atoms with Crippen LogP contribution in [0.5, 0.6) is 0 Å². The first-order valence-corrected chi connectivity index (χ1v) is 11.5. The van der Waals surface area contributed by atoms with Crippen molar-refractivity contribution in [2.45, 2.75) is 11.4 Å². The molecule has 0 N–H and O–H groups in total. The molecule has 3 aromatic rings. The van der Waals surface area contributed by atoms with E-state index in [1.807, 2.05) is 0 Å². The molecule has 8 nitrogen and oxygen atoms in total. The van der Waals surface area contributed by atoms with E-state index < -0.39 is 10.0 Å². The van der Waals surface area contributed by atoms with Crippen LogP contribution in [0.3, 0.4) is 0 Å². The first-order chi connectivity index (χ1) is 13.9. The second-order valence-corrected chi connectivity index (χ2v) is 9.82. The van der Waals surface area contributed by atoms with Crippen LogP contribution in [0.15, 0.2) is 51.7 Å². The Bertz CT molecular complexity index is 1210. The number of carbonyl (C=O) groups excluding carboxylic acids is 1. The molecule has 3 heterocycles. The third-order valence-electron chi connectivity index (χ3n) is 4.80. The molecule has 1 aliphatic heterocycles. The molecule has 0 unspecified atom stereocenters. The number of sulfonamides is 1. The average molecular weight is 453 g/mol. The summed E-state index contributed by atoms with van der Waals surface area (Å²) in [7, 11) is -3.64. The Labute approximate surface area is 176 Å². The fourth-order valence-electron chi connectivity index (χ4n) is 3.19. The normalized spacial score (nSPS) is 15.7. The Balaban J connectivity index is 1.42. The van der Waals surface area contributed by atoms with Crippen molar-refractivity contribution in [3.8, 4) is 0 Å². The maximum atomic E-state index is 12.7. The van der Waals surface area contributed by atoms with Gasteiger partial charge in [0.1, 0.15) is 11.4 Å². The lowest BCUT2D eigenvalue weighted by Crippen LogP contribution is -2.51. The van der Waals surface area contributed by atoms with Gasteiger partial charge < -0.3 is 4.90 Å². The van der Waals surface area contributed by atoms with Crippen LogP contribution in [-0.4, -0.2) is 59.3 Å². The topological polar surface area (TPSA) is 92.6 Å². The molecule has 29 heavy (non-hydrogen) atoms.